The molecule has 0 unspecified atom stereocenters. The molecule has 7 nitrogen and oxygen atoms in total. The SMILES string of the molecule is CC(C)(C)OC(=O)n1c(-c2cc(S(=O)(=O)O)ccc2N2CCCC2)cc2ccccc21. The molecule has 31 heavy (non-hydrogen) atoms. The number of anilines is 1. The molecule has 1 saturated heterocycles. The van der Waals surface area contributed by atoms with Crippen LogP contribution in [0.4, 0.5) is 10.5 Å². The average Bonchev–Trinajstić information content (AvgIpc) is 3.33. The fraction of sp³-hybridized carbons (Fsp3) is 0.348. The standard InChI is InChI=1S/C23H26N2O5S/c1-23(2,3)30-22(26)25-19-9-5-4-8-16(19)14-21(25)18-15-17(31(27,28)29)10-11-20(18)24-12-6-7-13-24/h4-5,8-11,14-15H,6-7,12-13H2,1-3H3,(H,27,28,29). The third kappa shape index (κ3) is 4.31. The van der Waals surface area contributed by atoms with E-state index >= 15 is 0 Å². The van der Waals surface area contributed by atoms with Gasteiger partial charge in [-0.25, -0.2) is 9.36 Å². The molecule has 0 spiro atoms. The van der Waals surface area contributed by atoms with Gasteiger partial charge in [-0.05, 0) is 63.9 Å². The van der Waals surface area contributed by atoms with E-state index in [2.05, 4.69) is 4.90 Å². The average molecular weight is 443 g/mol. The van der Waals surface area contributed by atoms with Gasteiger partial charge in [0.2, 0.25) is 0 Å². The predicted molar refractivity (Wildman–Crippen MR) is 120 cm³/mol. The van der Waals surface area contributed by atoms with Crippen molar-refractivity contribution in [2.75, 3.05) is 18.0 Å². The number of carbonyl (C=O) groups is 1. The highest BCUT2D eigenvalue weighted by atomic mass is 32.2. The van der Waals surface area contributed by atoms with Crippen molar-refractivity contribution in [1.29, 1.82) is 0 Å². The summed E-state index contributed by atoms with van der Waals surface area (Å²) in [6.07, 6.45) is 1.52. The number of aromatic nitrogens is 1. The number of ether oxygens (including phenoxy) is 1. The van der Waals surface area contributed by atoms with E-state index in [1.807, 2.05) is 30.3 Å². The van der Waals surface area contributed by atoms with E-state index < -0.39 is 21.8 Å². The Kier molecular flexibility index (Phi) is 5.31. The Morgan fingerprint density at radius 3 is 2.35 bits per heavy atom. The molecular weight excluding hydrogens is 416 g/mol. The largest absolute Gasteiger partial charge is 0.443 e. The first-order valence-electron chi connectivity index (χ1n) is 10.3. The Morgan fingerprint density at radius 2 is 1.71 bits per heavy atom. The number of fused-ring (bicyclic) bond motifs is 1. The van der Waals surface area contributed by atoms with E-state index in [1.54, 1.807) is 26.8 Å². The van der Waals surface area contributed by atoms with Crippen molar-refractivity contribution < 1.29 is 22.5 Å². The molecule has 1 fully saturated rings. The number of carbonyl (C=O) groups excluding carboxylic acids is 1. The van der Waals surface area contributed by atoms with Gasteiger partial charge in [-0.2, -0.15) is 8.42 Å². The first-order valence-corrected chi connectivity index (χ1v) is 11.7. The zero-order valence-electron chi connectivity index (χ0n) is 17.8. The van der Waals surface area contributed by atoms with Crippen molar-refractivity contribution in [2.45, 2.75) is 44.1 Å². The van der Waals surface area contributed by atoms with E-state index in [0.29, 0.717) is 16.8 Å². The number of para-hydroxylation sites is 1. The third-order valence-electron chi connectivity index (χ3n) is 5.28. The van der Waals surface area contributed by atoms with Crippen LogP contribution in [0.15, 0.2) is 53.4 Å². The first kappa shape index (κ1) is 21.4. The fourth-order valence-electron chi connectivity index (χ4n) is 3.97. The summed E-state index contributed by atoms with van der Waals surface area (Å²) in [5.41, 5.74) is 1.85. The van der Waals surface area contributed by atoms with Crippen LogP contribution in [0.25, 0.3) is 22.2 Å². The first-order chi connectivity index (χ1) is 14.5. The van der Waals surface area contributed by atoms with Crippen molar-refractivity contribution in [3.8, 4) is 11.3 Å². The summed E-state index contributed by atoms with van der Waals surface area (Å²) < 4.78 is 40.5. The molecule has 0 atom stereocenters. The number of hydrogen-bond acceptors (Lipinski definition) is 5. The fourth-order valence-corrected chi connectivity index (χ4v) is 4.48. The molecule has 0 radical (unpaired) electrons. The maximum atomic E-state index is 13.2. The van der Waals surface area contributed by atoms with Crippen LogP contribution in [0.3, 0.4) is 0 Å². The lowest BCUT2D eigenvalue weighted by Gasteiger charge is -2.24. The minimum absolute atomic E-state index is 0.216. The molecule has 0 aliphatic carbocycles. The molecule has 2 aromatic carbocycles. The molecule has 3 aromatic rings. The van der Waals surface area contributed by atoms with Crippen LogP contribution >= 0.6 is 0 Å². The van der Waals surface area contributed by atoms with Crippen molar-refractivity contribution in [1.82, 2.24) is 4.57 Å². The number of hydrogen-bond donors (Lipinski definition) is 1. The summed E-state index contributed by atoms with van der Waals surface area (Å²) in [5, 5.41) is 0.827. The van der Waals surface area contributed by atoms with Gasteiger partial charge in [-0.1, -0.05) is 18.2 Å². The minimum Gasteiger partial charge on any atom is -0.443 e. The molecule has 1 aromatic heterocycles. The number of rotatable bonds is 3. The minimum atomic E-state index is -4.41. The van der Waals surface area contributed by atoms with E-state index in [9.17, 15) is 17.8 Å². The highest BCUT2D eigenvalue weighted by Gasteiger charge is 2.26. The topological polar surface area (TPSA) is 88.8 Å². The summed E-state index contributed by atoms with van der Waals surface area (Å²) in [6, 6.07) is 13.8. The van der Waals surface area contributed by atoms with Crippen LogP contribution in [0.2, 0.25) is 0 Å². The number of benzene rings is 2. The van der Waals surface area contributed by atoms with Crippen molar-refractivity contribution in [3.05, 3.63) is 48.5 Å². The molecule has 1 N–H and O–H groups in total. The Labute approximate surface area is 182 Å². The summed E-state index contributed by atoms with van der Waals surface area (Å²) in [6.45, 7) is 7.07. The molecule has 164 valence electrons. The van der Waals surface area contributed by atoms with Gasteiger partial charge < -0.3 is 9.64 Å². The molecule has 0 saturated carbocycles. The molecule has 4 rings (SSSR count). The lowest BCUT2D eigenvalue weighted by Crippen LogP contribution is -2.27. The van der Waals surface area contributed by atoms with Gasteiger partial charge in [0.1, 0.15) is 5.60 Å². The lowest BCUT2D eigenvalue weighted by atomic mass is 10.1. The van der Waals surface area contributed by atoms with Gasteiger partial charge in [-0.3, -0.25) is 4.55 Å². The smallest absolute Gasteiger partial charge is 0.419 e. The van der Waals surface area contributed by atoms with E-state index in [4.69, 9.17) is 4.74 Å². The van der Waals surface area contributed by atoms with Gasteiger partial charge in [0.25, 0.3) is 10.1 Å². The summed E-state index contributed by atoms with van der Waals surface area (Å²) in [4.78, 5) is 15.2. The van der Waals surface area contributed by atoms with Gasteiger partial charge in [-0.15, -0.1) is 0 Å². The van der Waals surface area contributed by atoms with Crippen molar-refractivity contribution >= 4 is 32.8 Å². The maximum Gasteiger partial charge on any atom is 0.419 e. The van der Waals surface area contributed by atoms with Crippen LogP contribution < -0.4 is 4.90 Å². The Balaban J connectivity index is 1.99. The summed E-state index contributed by atoms with van der Waals surface area (Å²) in [7, 11) is -4.41. The lowest BCUT2D eigenvalue weighted by molar-refractivity contribution is 0.0547. The third-order valence-corrected chi connectivity index (χ3v) is 6.13. The Bertz CT molecular complexity index is 1250. The molecule has 0 bridgehead atoms. The normalized spacial score (nSPS) is 14.9. The van der Waals surface area contributed by atoms with Crippen LogP contribution in [0.5, 0.6) is 0 Å². The van der Waals surface area contributed by atoms with E-state index in [1.165, 1.54) is 16.7 Å². The Morgan fingerprint density at radius 1 is 1.03 bits per heavy atom. The highest BCUT2D eigenvalue weighted by molar-refractivity contribution is 7.85. The van der Waals surface area contributed by atoms with E-state index in [-0.39, 0.29) is 4.90 Å². The van der Waals surface area contributed by atoms with Gasteiger partial charge >= 0.3 is 6.09 Å². The van der Waals surface area contributed by atoms with Crippen molar-refractivity contribution in [3.63, 3.8) is 0 Å². The van der Waals surface area contributed by atoms with Crippen molar-refractivity contribution in [2.24, 2.45) is 0 Å². The molecule has 1 aliphatic rings. The second kappa shape index (κ2) is 7.69. The van der Waals surface area contributed by atoms with Gasteiger partial charge in [0.15, 0.2) is 0 Å². The molecule has 1 aliphatic heterocycles. The zero-order chi connectivity index (χ0) is 22.4. The Hall–Kier alpha value is -2.84. The highest BCUT2D eigenvalue weighted by Crippen LogP contribution is 2.38. The second-order valence-corrected chi connectivity index (χ2v) is 10.2. The number of nitrogens with zero attached hydrogens (tertiary/aromatic N) is 2. The van der Waals surface area contributed by atoms with Crippen LogP contribution in [-0.4, -0.2) is 42.3 Å². The second-order valence-electron chi connectivity index (χ2n) is 8.75. The van der Waals surface area contributed by atoms with Gasteiger partial charge in [0.05, 0.1) is 16.1 Å². The van der Waals surface area contributed by atoms with Crippen LogP contribution in [-0.2, 0) is 14.9 Å². The monoisotopic (exact) mass is 442 g/mol. The van der Waals surface area contributed by atoms with Gasteiger partial charge in [0, 0.05) is 29.7 Å². The quantitative estimate of drug-likeness (QED) is 0.578. The van der Waals surface area contributed by atoms with Crippen LogP contribution in [0.1, 0.15) is 33.6 Å². The predicted octanol–water partition coefficient (Wildman–Crippen LogP) is 4.94. The summed E-state index contributed by atoms with van der Waals surface area (Å²) in [5.74, 6) is 0. The van der Waals surface area contributed by atoms with Crippen LogP contribution in [0, 0.1) is 0 Å². The molecule has 0 amide bonds. The molecule has 2 heterocycles. The van der Waals surface area contributed by atoms with E-state index in [0.717, 1.165) is 37.0 Å². The maximum absolute atomic E-state index is 13.2. The molecular formula is C23H26N2O5S. The molecule has 8 heteroatoms. The zero-order valence-corrected chi connectivity index (χ0v) is 18.6. The summed E-state index contributed by atoms with van der Waals surface area (Å²) >= 11 is 0.